The zero-order valence-corrected chi connectivity index (χ0v) is 20.4. The molecule has 3 aromatic rings. The van der Waals surface area contributed by atoms with Crippen molar-refractivity contribution >= 4 is 39.1 Å². The predicted molar refractivity (Wildman–Crippen MR) is 134 cm³/mol. The zero-order valence-electron chi connectivity index (χ0n) is 18.8. The van der Waals surface area contributed by atoms with E-state index in [1.807, 2.05) is 41.1 Å². The number of benzene rings is 1. The van der Waals surface area contributed by atoms with Gasteiger partial charge in [-0.2, -0.15) is 4.98 Å². The van der Waals surface area contributed by atoms with Crippen LogP contribution < -0.4 is 15.8 Å². The number of fused-ring (bicyclic) bond motifs is 1. The van der Waals surface area contributed by atoms with Crippen LogP contribution >= 0.6 is 12.4 Å². The van der Waals surface area contributed by atoms with Gasteiger partial charge in [-0.3, -0.25) is 0 Å². The third-order valence-corrected chi connectivity index (χ3v) is 7.04. The van der Waals surface area contributed by atoms with Gasteiger partial charge in [0.25, 0.3) is 0 Å². The van der Waals surface area contributed by atoms with Crippen molar-refractivity contribution in [2.45, 2.75) is 38.1 Å². The Morgan fingerprint density at radius 1 is 1.18 bits per heavy atom. The van der Waals surface area contributed by atoms with Crippen LogP contribution in [0.25, 0.3) is 16.7 Å². The molecular weight excluding hydrogens is 462 g/mol. The maximum Gasteiger partial charge on any atom is 0.224 e. The summed E-state index contributed by atoms with van der Waals surface area (Å²) >= 11 is 0. The molecule has 1 saturated carbocycles. The fourth-order valence-electron chi connectivity index (χ4n) is 4.25. The quantitative estimate of drug-likeness (QED) is 0.438. The first kappa shape index (κ1) is 25.3. The maximum atomic E-state index is 11.3. The second-order valence-corrected chi connectivity index (χ2v) is 10.8. The van der Waals surface area contributed by atoms with E-state index in [0.29, 0.717) is 30.9 Å². The zero-order chi connectivity index (χ0) is 22.6. The molecule has 10 heteroatoms. The van der Waals surface area contributed by atoms with Gasteiger partial charge in [-0.1, -0.05) is 6.07 Å². The summed E-state index contributed by atoms with van der Waals surface area (Å²) in [5.41, 5.74) is 6.77. The largest absolute Gasteiger partial charge is 0.493 e. The van der Waals surface area contributed by atoms with Crippen molar-refractivity contribution in [1.29, 1.82) is 0 Å². The number of nitrogens with two attached hydrogens (primary N) is 1. The topological polar surface area (TPSA) is 112 Å². The molecule has 2 heterocycles. The lowest BCUT2D eigenvalue weighted by molar-refractivity contribution is 0.321. The maximum absolute atomic E-state index is 11.3. The molecule has 1 aliphatic carbocycles. The van der Waals surface area contributed by atoms with Gasteiger partial charge in [0.1, 0.15) is 21.4 Å². The Morgan fingerprint density at radius 3 is 2.70 bits per heavy atom. The number of hydrogen-bond acceptors (Lipinski definition) is 7. The molecule has 1 aromatic carbocycles. The van der Waals surface area contributed by atoms with Crippen molar-refractivity contribution < 1.29 is 13.2 Å². The molecule has 0 unspecified atom stereocenters. The monoisotopic (exact) mass is 493 g/mol. The number of hydrogen-bond donors (Lipinski definition) is 2. The third-order valence-electron chi connectivity index (χ3n) is 6.01. The molecule has 1 fully saturated rings. The van der Waals surface area contributed by atoms with Gasteiger partial charge in [0, 0.05) is 30.1 Å². The van der Waals surface area contributed by atoms with Gasteiger partial charge in [-0.15, -0.1) is 12.4 Å². The first-order chi connectivity index (χ1) is 15.4. The van der Waals surface area contributed by atoms with E-state index in [1.54, 1.807) is 6.20 Å². The molecule has 0 spiro atoms. The fraction of sp³-hybridized carbons (Fsp3) is 0.478. The summed E-state index contributed by atoms with van der Waals surface area (Å²) in [5.74, 6) is 2.90. The Balaban J connectivity index is 0.00000306. The lowest BCUT2D eigenvalue weighted by Gasteiger charge is -2.28. The molecule has 0 atom stereocenters. The number of aromatic nitrogens is 3. The first-order valence-corrected chi connectivity index (χ1v) is 13.2. The summed E-state index contributed by atoms with van der Waals surface area (Å²) in [6, 6.07) is 10.1. The molecule has 8 nitrogen and oxygen atoms in total. The van der Waals surface area contributed by atoms with Gasteiger partial charge in [-0.25, -0.2) is 13.4 Å². The lowest BCUT2D eigenvalue weighted by atomic mass is 9.86. The summed E-state index contributed by atoms with van der Waals surface area (Å²) in [4.78, 5) is 9.16. The summed E-state index contributed by atoms with van der Waals surface area (Å²) in [5, 5.41) is 4.44. The molecule has 4 rings (SSSR count). The van der Waals surface area contributed by atoms with Crippen LogP contribution in [0.5, 0.6) is 5.75 Å². The van der Waals surface area contributed by atoms with Crippen LogP contribution in [0.3, 0.4) is 0 Å². The van der Waals surface area contributed by atoms with Crippen molar-refractivity contribution in [2.24, 2.45) is 11.7 Å². The number of ether oxygens (including phenoxy) is 1. The average molecular weight is 494 g/mol. The number of sulfone groups is 1. The number of nitrogens with zero attached hydrogens (tertiary/aromatic N) is 3. The molecule has 0 aliphatic heterocycles. The smallest absolute Gasteiger partial charge is 0.224 e. The Bertz CT molecular complexity index is 1160. The van der Waals surface area contributed by atoms with Crippen molar-refractivity contribution in [3.8, 4) is 11.6 Å². The molecule has 0 saturated heterocycles. The highest BCUT2D eigenvalue weighted by Crippen LogP contribution is 2.29. The van der Waals surface area contributed by atoms with Crippen molar-refractivity contribution in [1.82, 2.24) is 14.5 Å². The van der Waals surface area contributed by atoms with E-state index >= 15 is 0 Å². The van der Waals surface area contributed by atoms with E-state index < -0.39 is 9.84 Å². The number of halogens is 1. The van der Waals surface area contributed by atoms with Crippen molar-refractivity contribution in [2.75, 3.05) is 30.5 Å². The summed E-state index contributed by atoms with van der Waals surface area (Å²) in [7, 11) is -2.98. The second kappa shape index (κ2) is 11.2. The predicted octanol–water partition coefficient (Wildman–Crippen LogP) is 3.59. The average Bonchev–Trinajstić information content (AvgIpc) is 3.22. The SMILES string of the molecule is CS(=O)(=O)CCCOc1cccc2c1ccn2-c1ccnc(NC2CCC(CN)CC2)n1.Cl. The molecule has 3 N–H and O–H groups in total. The molecule has 1 aliphatic rings. The molecule has 2 aromatic heterocycles. The standard InChI is InChI=1S/C23H31N5O3S.ClH/c1-32(29,30)15-3-14-31-21-5-2-4-20-19(21)11-13-28(20)22-10-12-25-23(27-22)26-18-8-6-17(16-24)7-9-18;/h2,4-5,10-13,17-18H,3,6-9,14-16,24H2,1H3,(H,25,26,27);1H. The number of anilines is 1. The molecule has 0 bridgehead atoms. The van der Waals surface area contributed by atoms with E-state index in [0.717, 1.165) is 54.7 Å². The van der Waals surface area contributed by atoms with Gasteiger partial charge in [-0.05, 0) is 68.8 Å². The fourth-order valence-corrected chi connectivity index (χ4v) is 4.89. The Hall–Kier alpha value is -2.36. The molecule has 0 amide bonds. The number of rotatable bonds is 9. The van der Waals surface area contributed by atoms with E-state index in [9.17, 15) is 8.42 Å². The highest BCUT2D eigenvalue weighted by atomic mass is 35.5. The van der Waals surface area contributed by atoms with E-state index in [2.05, 4.69) is 10.3 Å². The van der Waals surface area contributed by atoms with Crippen LogP contribution in [0.4, 0.5) is 5.95 Å². The van der Waals surface area contributed by atoms with Crippen LogP contribution in [0, 0.1) is 5.92 Å². The third kappa shape index (κ3) is 6.59. The van der Waals surface area contributed by atoms with Crippen molar-refractivity contribution in [3.05, 3.63) is 42.7 Å². The normalized spacial score (nSPS) is 18.6. The van der Waals surface area contributed by atoms with Gasteiger partial charge in [0.2, 0.25) is 5.95 Å². The highest BCUT2D eigenvalue weighted by molar-refractivity contribution is 7.90. The van der Waals surface area contributed by atoms with Gasteiger partial charge >= 0.3 is 0 Å². The lowest BCUT2D eigenvalue weighted by Crippen LogP contribution is -2.29. The minimum absolute atomic E-state index is 0. The van der Waals surface area contributed by atoms with Crippen LogP contribution in [0.1, 0.15) is 32.1 Å². The van der Waals surface area contributed by atoms with Crippen LogP contribution in [-0.2, 0) is 9.84 Å². The summed E-state index contributed by atoms with van der Waals surface area (Å²) < 4.78 is 30.5. The molecular formula is C23H32ClN5O3S. The van der Waals surface area contributed by atoms with Crippen LogP contribution in [-0.4, -0.2) is 54.2 Å². The Morgan fingerprint density at radius 2 is 1.97 bits per heavy atom. The van der Waals surface area contributed by atoms with E-state index in [-0.39, 0.29) is 18.2 Å². The van der Waals surface area contributed by atoms with Crippen molar-refractivity contribution in [3.63, 3.8) is 0 Å². The molecule has 180 valence electrons. The molecule has 0 radical (unpaired) electrons. The highest BCUT2D eigenvalue weighted by Gasteiger charge is 2.21. The minimum atomic E-state index is -2.98. The van der Waals surface area contributed by atoms with Gasteiger partial charge in [0.05, 0.1) is 17.9 Å². The summed E-state index contributed by atoms with van der Waals surface area (Å²) in [6.07, 6.45) is 9.89. The van der Waals surface area contributed by atoms with Gasteiger partial charge in [0.15, 0.2) is 0 Å². The van der Waals surface area contributed by atoms with Crippen LogP contribution in [0.2, 0.25) is 0 Å². The first-order valence-electron chi connectivity index (χ1n) is 11.1. The molecule has 33 heavy (non-hydrogen) atoms. The van der Waals surface area contributed by atoms with Crippen LogP contribution in [0.15, 0.2) is 42.7 Å². The Labute approximate surface area is 201 Å². The van der Waals surface area contributed by atoms with E-state index in [4.69, 9.17) is 15.5 Å². The summed E-state index contributed by atoms with van der Waals surface area (Å²) in [6.45, 7) is 1.12. The minimum Gasteiger partial charge on any atom is -0.493 e. The second-order valence-electron chi connectivity index (χ2n) is 8.54. The Kier molecular flexibility index (Phi) is 8.56. The van der Waals surface area contributed by atoms with E-state index in [1.165, 1.54) is 6.26 Å². The number of nitrogens with one attached hydrogen (secondary N) is 1. The van der Waals surface area contributed by atoms with Gasteiger partial charge < -0.3 is 20.4 Å².